The van der Waals surface area contributed by atoms with Gasteiger partial charge in [0.2, 0.25) is 0 Å². The van der Waals surface area contributed by atoms with Crippen molar-refractivity contribution in [3.8, 4) is 0 Å². The van der Waals surface area contributed by atoms with Gasteiger partial charge in [-0.3, -0.25) is 14.4 Å². The van der Waals surface area contributed by atoms with Gasteiger partial charge < -0.3 is 5.11 Å². The molecule has 0 saturated carbocycles. The quantitative estimate of drug-likeness (QED) is 0.813. The first kappa shape index (κ1) is 14.0. The Labute approximate surface area is 114 Å². The molecule has 0 fully saturated rings. The van der Waals surface area contributed by atoms with Gasteiger partial charge in [0.25, 0.3) is 11.1 Å². The molecule has 0 aliphatic heterocycles. The summed E-state index contributed by atoms with van der Waals surface area (Å²) in [6.07, 6.45) is 0.453. The number of aliphatic hydroxyl groups is 1. The fourth-order valence-corrected chi connectivity index (χ4v) is 2.00. The first-order valence-corrected chi connectivity index (χ1v) is 6.02. The average Bonchev–Trinajstić information content (AvgIpc) is 2.42. The van der Waals surface area contributed by atoms with Crippen LogP contribution in [0.3, 0.4) is 0 Å². The molecule has 2 heterocycles. The van der Waals surface area contributed by atoms with Gasteiger partial charge in [-0.15, -0.1) is 0 Å². The van der Waals surface area contributed by atoms with Crippen molar-refractivity contribution in [3.63, 3.8) is 0 Å². The Balaban J connectivity index is 2.92. The molecule has 0 unspecified atom stereocenters. The summed E-state index contributed by atoms with van der Waals surface area (Å²) in [5.41, 5.74) is 0.136. The Morgan fingerprint density at radius 2 is 1.55 bits per heavy atom. The summed E-state index contributed by atoms with van der Waals surface area (Å²) < 4.78 is 2.30. The van der Waals surface area contributed by atoms with E-state index in [2.05, 4.69) is 0 Å². The van der Waals surface area contributed by atoms with Crippen LogP contribution in [0.5, 0.6) is 0 Å². The van der Waals surface area contributed by atoms with Crippen molar-refractivity contribution in [2.75, 3.05) is 0 Å². The Morgan fingerprint density at radius 1 is 1.00 bits per heavy atom. The van der Waals surface area contributed by atoms with E-state index in [0.29, 0.717) is 17.7 Å². The molecule has 0 atom stereocenters. The van der Waals surface area contributed by atoms with Gasteiger partial charge in [0.15, 0.2) is 6.29 Å². The van der Waals surface area contributed by atoms with E-state index in [9.17, 15) is 14.4 Å². The molecule has 1 N–H and O–H groups in total. The molecule has 0 bridgehead atoms. The van der Waals surface area contributed by atoms with E-state index >= 15 is 0 Å². The van der Waals surface area contributed by atoms with E-state index in [0.717, 1.165) is 9.35 Å². The molecular formula is C14H14N2O4. The minimum atomic E-state index is -0.569. The number of hydrogen-bond donors (Lipinski definition) is 1. The standard InChI is InChI=1S/C14H14N2O4/c1-9-3-5-11(7-17)13(19)15(9)16-10(2)4-6-12(8-18)14(16)20/h3-7,18H,8H2,1-2H3. The Kier molecular flexibility index (Phi) is 3.67. The second kappa shape index (κ2) is 5.26. The van der Waals surface area contributed by atoms with E-state index in [-0.39, 0.29) is 11.1 Å². The molecule has 0 aliphatic rings. The lowest BCUT2D eigenvalue weighted by Crippen LogP contribution is -2.39. The fourth-order valence-electron chi connectivity index (χ4n) is 2.00. The van der Waals surface area contributed by atoms with Gasteiger partial charge >= 0.3 is 0 Å². The minimum Gasteiger partial charge on any atom is -0.391 e. The maximum atomic E-state index is 12.3. The predicted molar refractivity (Wildman–Crippen MR) is 73.0 cm³/mol. The molecular weight excluding hydrogens is 260 g/mol. The summed E-state index contributed by atoms with van der Waals surface area (Å²) in [7, 11) is 0. The molecule has 6 heteroatoms. The highest BCUT2D eigenvalue weighted by Crippen LogP contribution is 2.02. The van der Waals surface area contributed by atoms with Crippen LogP contribution in [0.1, 0.15) is 27.3 Å². The van der Waals surface area contributed by atoms with Crippen LogP contribution < -0.4 is 11.1 Å². The second-order valence-corrected chi connectivity index (χ2v) is 4.44. The maximum absolute atomic E-state index is 12.3. The van der Waals surface area contributed by atoms with Gasteiger partial charge in [-0.1, -0.05) is 0 Å². The van der Waals surface area contributed by atoms with Crippen molar-refractivity contribution in [3.05, 3.63) is 67.5 Å². The molecule has 20 heavy (non-hydrogen) atoms. The van der Waals surface area contributed by atoms with Crippen molar-refractivity contribution in [1.29, 1.82) is 0 Å². The lowest BCUT2D eigenvalue weighted by molar-refractivity contribution is 0.112. The predicted octanol–water partition coefficient (Wildman–Crippen LogP) is 0.243. The smallest absolute Gasteiger partial charge is 0.280 e. The molecule has 0 radical (unpaired) electrons. The average molecular weight is 274 g/mol. The number of aryl methyl sites for hydroxylation is 2. The minimum absolute atomic E-state index is 0.0312. The SMILES string of the molecule is Cc1ccc(C=O)c(=O)n1-n1c(C)ccc(CO)c1=O. The number of rotatable bonds is 3. The summed E-state index contributed by atoms with van der Waals surface area (Å²) in [6.45, 7) is 2.91. The van der Waals surface area contributed by atoms with Crippen LogP contribution >= 0.6 is 0 Å². The summed E-state index contributed by atoms with van der Waals surface area (Å²) in [4.78, 5) is 35.4. The summed E-state index contributed by atoms with van der Waals surface area (Å²) in [6, 6.07) is 6.14. The maximum Gasteiger partial charge on any atom is 0.280 e. The number of aldehydes is 1. The lowest BCUT2D eigenvalue weighted by atomic mass is 10.2. The molecule has 0 aromatic carbocycles. The van der Waals surface area contributed by atoms with E-state index in [1.807, 2.05) is 0 Å². The monoisotopic (exact) mass is 274 g/mol. The van der Waals surface area contributed by atoms with E-state index in [1.165, 1.54) is 12.1 Å². The van der Waals surface area contributed by atoms with Crippen molar-refractivity contribution >= 4 is 6.29 Å². The first-order valence-electron chi connectivity index (χ1n) is 6.02. The molecule has 104 valence electrons. The normalized spacial score (nSPS) is 10.6. The highest BCUT2D eigenvalue weighted by Gasteiger charge is 2.12. The van der Waals surface area contributed by atoms with Gasteiger partial charge in [-0.2, -0.15) is 0 Å². The number of aromatic nitrogens is 2. The third-order valence-corrected chi connectivity index (χ3v) is 3.10. The van der Waals surface area contributed by atoms with Crippen LogP contribution in [-0.4, -0.2) is 20.7 Å². The van der Waals surface area contributed by atoms with Crippen LogP contribution in [0.15, 0.2) is 33.9 Å². The molecule has 2 rings (SSSR count). The zero-order valence-electron chi connectivity index (χ0n) is 11.2. The Morgan fingerprint density at radius 3 is 2.10 bits per heavy atom. The number of nitrogens with zero attached hydrogens (tertiary/aromatic N) is 2. The number of carbonyl (C=O) groups is 1. The molecule has 2 aromatic rings. The van der Waals surface area contributed by atoms with Gasteiger partial charge in [-0.25, -0.2) is 9.35 Å². The van der Waals surface area contributed by atoms with Gasteiger partial charge in [-0.05, 0) is 38.1 Å². The largest absolute Gasteiger partial charge is 0.391 e. The summed E-state index contributed by atoms with van der Waals surface area (Å²) >= 11 is 0. The number of pyridine rings is 2. The third-order valence-electron chi connectivity index (χ3n) is 3.10. The number of carbonyl (C=O) groups excluding carboxylic acids is 1. The fraction of sp³-hybridized carbons (Fsp3) is 0.214. The van der Waals surface area contributed by atoms with Crippen LogP contribution in [0.25, 0.3) is 0 Å². The first-order chi connectivity index (χ1) is 9.51. The highest BCUT2D eigenvalue weighted by molar-refractivity contribution is 5.73. The van der Waals surface area contributed by atoms with E-state index in [4.69, 9.17) is 5.11 Å². The number of aliphatic hydroxyl groups excluding tert-OH is 1. The molecule has 0 saturated heterocycles. The Hall–Kier alpha value is -2.47. The van der Waals surface area contributed by atoms with Crippen molar-refractivity contribution < 1.29 is 9.90 Å². The van der Waals surface area contributed by atoms with Crippen molar-refractivity contribution in [2.45, 2.75) is 20.5 Å². The number of hydrogen-bond acceptors (Lipinski definition) is 4. The van der Waals surface area contributed by atoms with Crippen LogP contribution in [0, 0.1) is 13.8 Å². The van der Waals surface area contributed by atoms with Crippen molar-refractivity contribution in [2.24, 2.45) is 0 Å². The van der Waals surface area contributed by atoms with Crippen LogP contribution in [0.4, 0.5) is 0 Å². The zero-order chi connectivity index (χ0) is 14.9. The molecule has 0 aliphatic carbocycles. The van der Waals surface area contributed by atoms with Gasteiger partial charge in [0, 0.05) is 17.0 Å². The van der Waals surface area contributed by atoms with Gasteiger partial charge in [0.05, 0.1) is 12.2 Å². The highest BCUT2D eigenvalue weighted by atomic mass is 16.3. The lowest BCUT2D eigenvalue weighted by Gasteiger charge is -2.16. The molecule has 0 amide bonds. The van der Waals surface area contributed by atoms with E-state index in [1.54, 1.807) is 26.0 Å². The summed E-state index contributed by atoms with van der Waals surface area (Å²) in [5.74, 6) is 0. The van der Waals surface area contributed by atoms with Crippen LogP contribution in [-0.2, 0) is 6.61 Å². The molecule has 6 nitrogen and oxygen atoms in total. The van der Waals surface area contributed by atoms with E-state index < -0.39 is 17.7 Å². The van der Waals surface area contributed by atoms with Crippen molar-refractivity contribution in [1.82, 2.24) is 9.35 Å². The van der Waals surface area contributed by atoms with Crippen LogP contribution in [0.2, 0.25) is 0 Å². The topological polar surface area (TPSA) is 81.3 Å². The second-order valence-electron chi connectivity index (χ2n) is 4.44. The molecule has 2 aromatic heterocycles. The van der Waals surface area contributed by atoms with Gasteiger partial charge in [0.1, 0.15) is 0 Å². The zero-order valence-corrected chi connectivity index (χ0v) is 11.2. The molecule has 0 spiro atoms. The Bertz CT molecular complexity index is 787. The third kappa shape index (κ3) is 2.10. The summed E-state index contributed by atoms with van der Waals surface area (Å²) in [5, 5.41) is 9.16.